The summed E-state index contributed by atoms with van der Waals surface area (Å²) in [5, 5.41) is 3.48. The summed E-state index contributed by atoms with van der Waals surface area (Å²) in [5.74, 6) is 1.73. The molecule has 0 aliphatic carbocycles. The van der Waals surface area contributed by atoms with Gasteiger partial charge in [0, 0.05) is 19.3 Å². The molecule has 1 saturated heterocycles. The van der Waals surface area contributed by atoms with Gasteiger partial charge in [0.25, 0.3) is 0 Å². The molecule has 2 nitrogen and oxygen atoms in total. The molecule has 14 heavy (non-hydrogen) atoms. The predicted molar refractivity (Wildman–Crippen MR) is 60.5 cm³/mol. The zero-order valence-electron chi connectivity index (χ0n) is 9.88. The van der Waals surface area contributed by atoms with E-state index in [1.54, 1.807) is 0 Å². The lowest BCUT2D eigenvalue weighted by Crippen LogP contribution is -2.31. The second kappa shape index (κ2) is 6.41. The molecular weight excluding hydrogens is 174 g/mol. The largest absolute Gasteiger partial charge is 0.381 e. The number of rotatable bonds is 5. The molecule has 2 heteroatoms. The smallest absolute Gasteiger partial charge is 0.0468 e. The average Bonchev–Trinajstić information content (AvgIpc) is 2.19. The second-order valence-electron chi connectivity index (χ2n) is 4.62. The Bertz CT molecular complexity index is 143. The van der Waals surface area contributed by atoms with Crippen LogP contribution < -0.4 is 5.32 Å². The van der Waals surface area contributed by atoms with Crippen LogP contribution in [0.5, 0.6) is 0 Å². The van der Waals surface area contributed by atoms with E-state index in [-0.39, 0.29) is 0 Å². The van der Waals surface area contributed by atoms with Crippen LogP contribution in [0.4, 0.5) is 0 Å². The van der Waals surface area contributed by atoms with Gasteiger partial charge in [0.15, 0.2) is 0 Å². The monoisotopic (exact) mass is 199 g/mol. The SMILES string of the molecule is CCNC(C)CC(C)C1CCOCC1. The van der Waals surface area contributed by atoms with Crippen LogP contribution in [-0.2, 0) is 4.74 Å². The molecule has 0 aromatic carbocycles. The van der Waals surface area contributed by atoms with E-state index in [0.717, 1.165) is 31.6 Å². The molecule has 2 unspecified atom stereocenters. The van der Waals surface area contributed by atoms with Gasteiger partial charge in [0.05, 0.1) is 0 Å². The molecule has 1 rings (SSSR count). The van der Waals surface area contributed by atoms with Crippen LogP contribution in [-0.4, -0.2) is 25.8 Å². The fourth-order valence-electron chi connectivity index (χ4n) is 2.47. The minimum Gasteiger partial charge on any atom is -0.381 e. The molecule has 1 N–H and O–H groups in total. The summed E-state index contributed by atoms with van der Waals surface area (Å²) in [6, 6.07) is 0.665. The van der Waals surface area contributed by atoms with Gasteiger partial charge in [-0.25, -0.2) is 0 Å². The molecule has 0 spiro atoms. The highest BCUT2D eigenvalue weighted by Crippen LogP contribution is 2.26. The molecule has 0 amide bonds. The maximum absolute atomic E-state index is 5.39. The van der Waals surface area contributed by atoms with Crippen LogP contribution in [0.2, 0.25) is 0 Å². The topological polar surface area (TPSA) is 21.3 Å². The minimum absolute atomic E-state index is 0.665. The quantitative estimate of drug-likeness (QED) is 0.734. The first-order valence-electron chi connectivity index (χ1n) is 6.05. The molecule has 1 fully saturated rings. The molecule has 1 aliphatic rings. The van der Waals surface area contributed by atoms with E-state index in [1.165, 1.54) is 19.3 Å². The molecule has 0 saturated carbocycles. The fraction of sp³-hybridized carbons (Fsp3) is 1.00. The first-order chi connectivity index (χ1) is 6.74. The number of nitrogens with one attached hydrogen (secondary N) is 1. The molecule has 1 heterocycles. The standard InChI is InChI=1S/C12H25NO/c1-4-13-11(3)9-10(2)12-5-7-14-8-6-12/h10-13H,4-9H2,1-3H3. The molecule has 0 aromatic rings. The van der Waals surface area contributed by atoms with E-state index >= 15 is 0 Å². The van der Waals surface area contributed by atoms with Crippen molar-refractivity contribution in [2.24, 2.45) is 11.8 Å². The second-order valence-corrected chi connectivity index (χ2v) is 4.62. The van der Waals surface area contributed by atoms with E-state index in [4.69, 9.17) is 4.74 Å². The van der Waals surface area contributed by atoms with Crippen LogP contribution in [0, 0.1) is 11.8 Å². The number of hydrogen-bond acceptors (Lipinski definition) is 2. The fourth-order valence-corrected chi connectivity index (χ4v) is 2.47. The summed E-state index contributed by atoms with van der Waals surface area (Å²) in [6.07, 6.45) is 3.83. The Morgan fingerprint density at radius 3 is 2.50 bits per heavy atom. The van der Waals surface area contributed by atoms with E-state index in [1.807, 2.05) is 0 Å². The first-order valence-corrected chi connectivity index (χ1v) is 6.05. The van der Waals surface area contributed by atoms with Gasteiger partial charge in [-0.05, 0) is 44.6 Å². The van der Waals surface area contributed by atoms with Crippen molar-refractivity contribution in [1.29, 1.82) is 0 Å². The highest BCUT2D eigenvalue weighted by Gasteiger charge is 2.21. The first kappa shape index (κ1) is 12.0. The predicted octanol–water partition coefficient (Wildman–Crippen LogP) is 2.44. The van der Waals surface area contributed by atoms with Crippen LogP contribution in [0.3, 0.4) is 0 Å². The third-order valence-corrected chi connectivity index (χ3v) is 3.35. The molecule has 84 valence electrons. The zero-order valence-corrected chi connectivity index (χ0v) is 9.88. The Balaban J connectivity index is 2.21. The summed E-state index contributed by atoms with van der Waals surface area (Å²) in [5.41, 5.74) is 0. The Morgan fingerprint density at radius 2 is 1.93 bits per heavy atom. The Kier molecular flexibility index (Phi) is 5.49. The van der Waals surface area contributed by atoms with Crippen molar-refractivity contribution >= 4 is 0 Å². The lowest BCUT2D eigenvalue weighted by atomic mass is 9.83. The van der Waals surface area contributed by atoms with Gasteiger partial charge in [-0.2, -0.15) is 0 Å². The molecule has 1 aliphatic heterocycles. The Hall–Kier alpha value is -0.0800. The summed E-state index contributed by atoms with van der Waals surface area (Å²) in [7, 11) is 0. The zero-order chi connectivity index (χ0) is 10.4. The van der Waals surface area contributed by atoms with Crippen LogP contribution in [0.25, 0.3) is 0 Å². The van der Waals surface area contributed by atoms with Gasteiger partial charge in [0.1, 0.15) is 0 Å². The summed E-state index contributed by atoms with van der Waals surface area (Å²) < 4.78 is 5.39. The van der Waals surface area contributed by atoms with Gasteiger partial charge in [-0.1, -0.05) is 13.8 Å². The summed E-state index contributed by atoms with van der Waals surface area (Å²) in [6.45, 7) is 9.90. The van der Waals surface area contributed by atoms with Gasteiger partial charge < -0.3 is 10.1 Å². The van der Waals surface area contributed by atoms with Gasteiger partial charge in [-0.15, -0.1) is 0 Å². The van der Waals surface area contributed by atoms with Crippen LogP contribution >= 0.6 is 0 Å². The molecule has 2 atom stereocenters. The van der Waals surface area contributed by atoms with E-state index in [2.05, 4.69) is 26.1 Å². The molecular formula is C12H25NO. The highest BCUT2D eigenvalue weighted by atomic mass is 16.5. The maximum Gasteiger partial charge on any atom is 0.0468 e. The van der Waals surface area contributed by atoms with Gasteiger partial charge >= 0.3 is 0 Å². The lowest BCUT2D eigenvalue weighted by molar-refractivity contribution is 0.0466. The van der Waals surface area contributed by atoms with E-state index in [0.29, 0.717) is 6.04 Å². The lowest BCUT2D eigenvalue weighted by Gasteiger charge is -2.29. The van der Waals surface area contributed by atoms with Crippen molar-refractivity contribution in [1.82, 2.24) is 5.32 Å². The van der Waals surface area contributed by atoms with E-state index < -0.39 is 0 Å². The van der Waals surface area contributed by atoms with Crippen molar-refractivity contribution in [2.75, 3.05) is 19.8 Å². The maximum atomic E-state index is 5.39. The van der Waals surface area contributed by atoms with Gasteiger partial charge in [0.2, 0.25) is 0 Å². The molecule has 0 radical (unpaired) electrons. The normalized spacial score (nSPS) is 23.4. The van der Waals surface area contributed by atoms with Crippen molar-refractivity contribution < 1.29 is 4.74 Å². The van der Waals surface area contributed by atoms with Crippen molar-refractivity contribution in [3.63, 3.8) is 0 Å². The van der Waals surface area contributed by atoms with Crippen molar-refractivity contribution in [3.05, 3.63) is 0 Å². The number of hydrogen-bond donors (Lipinski definition) is 1. The third-order valence-electron chi connectivity index (χ3n) is 3.35. The van der Waals surface area contributed by atoms with Crippen LogP contribution in [0.1, 0.15) is 40.0 Å². The molecule has 0 aromatic heterocycles. The summed E-state index contributed by atoms with van der Waals surface area (Å²) in [4.78, 5) is 0. The summed E-state index contributed by atoms with van der Waals surface area (Å²) >= 11 is 0. The van der Waals surface area contributed by atoms with Gasteiger partial charge in [-0.3, -0.25) is 0 Å². The van der Waals surface area contributed by atoms with Crippen molar-refractivity contribution in [3.8, 4) is 0 Å². The number of ether oxygens (including phenoxy) is 1. The average molecular weight is 199 g/mol. The van der Waals surface area contributed by atoms with Crippen molar-refractivity contribution in [2.45, 2.75) is 46.1 Å². The highest BCUT2D eigenvalue weighted by molar-refractivity contribution is 4.73. The third kappa shape index (κ3) is 3.97. The van der Waals surface area contributed by atoms with E-state index in [9.17, 15) is 0 Å². The Morgan fingerprint density at radius 1 is 1.29 bits per heavy atom. The van der Waals surface area contributed by atoms with Crippen LogP contribution in [0.15, 0.2) is 0 Å². The molecule has 0 bridgehead atoms. The minimum atomic E-state index is 0.665. The Labute approximate surface area is 88.4 Å².